The Hall–Kier alpha value is 1.90. The van der Waals surface area contributed by atoms with E-state index >= 15 is 0 Å². The van der Waals surface area contributed by atoms with Crippen LogP contribution in [0.2, 0.25) is 0 Å². The molecule has 0 radical (unpaired) electrons. The summed E-state index contributed by atoms with van der Waals surface area (Å²) in [5.41, 5.74) is 0. The van der Waals surface area contributed by atoms with E-state index in [-0.39, 0.29) is 62.0 Å². The van der Waals surface area contributed by atoms with Crippen molar-refractivity contribution in [2.75, 3.05) is 62.0 Å². The van der Waals surface area contributed by atoms with Gasteiger partial charge in [0.15, 0.2) is 11.7 Å². The van der Waals surface area contributed by atoms with E-state index in [2.05, 4.69) is 0 Å². The highest BCUT2D eigenvalue weighted by atomic mass is 35.5. The molecular weight excluding hydrogens is 582 g/mol. The van der Waals surface area contributed by atoms with E-state index in [9.17, 15) is 13.7 Å². The van der Waals surface area contributed by atoms with E-state index in [0.29, 0.717) is 0 Å². The molecule has 0 saturated heterocycles. The fraction of sp³-hybridized carbons (Fsp3) is 1.00. The number of alkyl halides is 5. The fourth-order valence-electron chi connectivity index (χ4n) is 1.94. The monoisotopic (exact) mass is 608 g/mol. The molecule has 0 aromatic heterocycles. The molecule has 188 valence electrons. The maximum absolute atomic E-state index is 13.5. The van der Waals surface area contributed by atoms with Gasteiger partial charge >= 0.3 is 22.8 Å². The summed E-state index contributed by atoms with van der Waals surface area (Å²) in [7, 11) is -12.0. The van der Waals surface area contributed by atoms with Crippen molar-refractivity contribution in [3.8, 4) is 0 Å². The van der Waals surface area contributed by atoms with Gasteiger partial charge in [-0.3, -0.25) is 22.7 Å². The van der Waals surface area contributed by atoms with Crippen LogP contribution in [-0.2, 0) is 40.8 Å². The normalized spacial score (nSPS) is 18.3. The van der Waals surface area contributed by atoms with Gasteiger partial charge in [-0.05, 0) is 13.8 Å². The van der Waals surface area contributed by atoms with E-state index in [1.54, 1.807) is 0 Å². The molecule has 0 aromatic carbocycles. The van der Waals surface area contributed by atoms with Crippen LogP contribution in [-0.4, -0.2) is 73.7 Å². The van der Waals surface area contributed by atoms with E-state index in [4.69, 9.17) is 85.1 Å². The third-order valence-electron chi connectivity index (χ3n) is 3.27. The third kappa shape index (κ3) is 12.4. The van der Waals surface area contributed by atoms with Crippen molar-refractivity contribution in [1.29, 1.82) is 0 Å². The van der Waals surface area contributed by atoms with Crippen LogP contribution < -0.4 is 0 Å². The van der Waals surface area contributed by atoms with Gasteiger partial charge in [0.05, 0.1) is 32.6 Å². The number of hydrogen-bond donors (Lipinski definition) is 0. The van der Waals surface area contributed by atoms with Crippen LogP contribution >= 0.6 is 80.8 Å². The van der Waals surface area contributed by atoms with Crippen molar-refractivity contribution < 1.29 is 40.8 Å². The Morgan fingerprint density at radius 3 is 1.39 bits per heavy atom. The van der Waals surface area contributed by atoms with Crippen molar-refractivity contribution >= 4 is 80.8 Å². The molecule has 4 atom stereocenters. The molecule has 0 spiro atoms. The molecule has 0 aliphatic heterocycles. The van der Waals surface area contributed by atoms with Crippen molar-refractivity contribution in [3.63, 3.8) is 0 Å². The molecule has 0 heterocycles. The molecule has 0 aromatic rings. The minimum Gasteiger partial charge on any atom is -0.307 e. The van der Waals surface area contributed by atoms with Gasteiger partial charge in [0, 0.05) is 29.4 Å². The van der Waals surface area contributed by atoms with E-state index in [1.165, 1.54) is 13.8 Å². The highest BCUT2D eigenvalue weighted by Crippen LogP contribution is 2.65. The first kappa shape index (κ1) is 32.9. The summed E-state index contributed by atoms with van der Waals surface area (Å²) in [4.78, 5) is 0. The first-order valence-corrected chi connectivity index (χ1v) is 16.7. The summed E-state index contributed by atoms with van der Waals surface area (Å²) in [5, 5.41) is 0. The van der Waals surface area contributed by atoms with Crippen LogP contribution in [0.15, 0.2) is 0 Å². The largest absolute Gasteiger partial charge is 0.360 e. The van der Waals surface area contributed by atoms with Crippen molar-refractivity contribution in [2.24, 2.45) is 0 Å². The SMILES string of the molecule is C[C@H](O[P@](=O)(OCCCl)[C@H](C)O[P@](=O)(CCCl)OCCCl)P(=O)(OCCCl)OCCCl. The summed E-state index contributed by atoms with van der Waals surface area (Å²) in [6, 6.07) is 0. The zero-order valence-corrected chi connectivity index (χ0v) is 23.6. The molecule has 0 fully saturated rings. The van der Waals surface area contributed by atoms with Crippen LogP contribution in [0.4, 0.5) is 0 Å². The Morgan fingerprint density at radius 1 is 0.581 bits per heavy atom. The van der Waals surface area contributed by atoms with Gasteiger partial charge in [0.25, 0.3) is 0 Å². The average molecular weight is 611 g/mol. The Balaban J connectivity index is 5.69. The van der Waals surface area contributed by atoms with Crippen molar-refractivity contribution in [2.45, 2.75) is 25.5 Å². The van der Waals surface area contributed by atoms with Gasteiger partial charge in [-0.15, -0.1) is 58.0 Å². The Bertz CT molecular complexity index is 618. The molecule has 0 amide bonds. The molecule has 17 heteroatoms. The van der Waals surface area contributed by atoms with Crippen molar-refractivity contribution in [1.82, 2.24) is 0 Å². The molecule has 31 heavy (non-hydrogen) atoms. The first-order valence-electron chi connectivity index (χ1n) is 9.09. The minimum atomic E-state index is -4.23. The second-order valence-electron chi connectivity index (χ2n) is 5.60. The topological polar surface area (TPSA) is 107 Å². The molecule has 0 aliphatic carbocycles. The predicted octanol–water partition coefficient (Wildman–Crippen LogP) is 6.55. The Kier molecular flexibility index (Phi) is 18.4. The molecule has 0 aliphatic rings. The average Bonchev–Trinajstić information content (AvgIpc) is 2.73. The number of halogens is 5. The summed E-state index contributed by atoms with van der Waals surface area (Å²) < 4.78 is 71.4. The molecule has 0 rings (SSSR count). The lowest BCUT2D eigenvalue weighted by molar-refractivity contribution is 0.119. The fourth-order valence-corrected chi connectivity index (χ4v) is 8.78. The van der Waals surface area contributed by atoms with Crippen LogP contribution in [0.25, 0.3) is 0 Å². The predicted molar refractivity (Wildman–Crippen MR) is 126 cm³/mol. The summed E-state index contributed by atoms with van der Waals surface area (Å²) in [5.74, 6) is -2.75. The second-order valence-corrected chi connectivity index (χ2v) is 14.2. The zero-order valence-electron chi connectivity index (χ0n) is 17.1. The maximum atomic E-state index is 13.5. The van der Waals surface area contributed by atoms with Gasteiger partial charge in [-0.2, -0.15) is 0 Å². The summed E-state index contributed by atoms with van der Waals surface area (Å²) in [6.07, 6.45) is -0.170. The van der Waals surface area contributed by atoms with Crippen molar-refractivity contribution in [3.05, 3.63) is 0 Å². The van der Waals surface area contributed by atoms with E-state index < -0.39 is 34.5 Å². The van der Waals surface area contributed by atoms with Gasteiger partial charge in [0.1, 0.15) is 0 Å². The minimum absolute atomic E-state index is 0.0281. The smallest absolute Gasteiger partial charge is 0.307 e. The summed E-state index contributed by atoms with van der Waals surface area (Å²) >= 11 is 28.1. The van der Waals surface area contributed by atoms with Gasteiger partial charge in [-0.25, -0.2) is 0 Å². The van der Waals surface area contributed by atoms with Gasteiger partial charge < -0.3 is 18.1 Å². The standard InChI is InChI=1S/C14H28Cl5O9P3/c1-13(27-29(20,12-7-19)23-8-3-15)31(22,26-11-6-18)28-14(2)30(21,24-9-4-16)25-10-5-17/h13-14H,3-12H2,1-2H3/t13-,14-,29+,31-/m1/s1. The number of rotatable bonds is 20. The molecule has 9 nitrogen and oxygen atoms in total. The molecule has 0 bridgehead atoms. The lowest BCUT2D eigenvalue weighted by atomic mass is 10.9. The Morgan fingerprint density at radius 2 is 0.968 bits per heavy atom. The third-order valence-corrected chi connectivity index (χ3v) is 10.9. The Labute approximate surface area is 208 Å². The molecule has 0 unspecified atom stereocenters. The zero-order chi connectivity index (χ0) is 24.0. The van der Waals surface area contributed by atoms with Crippen LogP contribution in [0, 0.1) is 0 Å². The summed E-state index contributed by atoms with van der Waals surface area (Å²) in [6.45, 7) is 2.10. The quantitative estimate of drug-likeness (QED) is 0.112. The maximum Gasteiger partial charge on any atom is 0.360 e. The molecule has 0 saturated carbocycles. The van der Waals surface area contributed by atoms with E-state index in [0.717, 1.165) is 0 Å². The lowest BCUT2D eigenvalue weighted by Gasteiger charge is -2.31. The molecule has 0 N–H and O–H groups in total. The highest BCUT2D eigenvalue weighted by molar-refractivity contribution is 7.59. The van der Waals surface area contributed by atoms with Crippen LogP contribution in [0.3, 0.4) is 0 Å². The van der Waals surface area contributed by atoms with E-state index in [1.807, 2.05) is 0 Å². The second kappa shape index (κ2) is 17.3. The van der Waals surface area contributed by atoms with Gasteiger partial charge in [0.2, 0.25) is 0 Å². The lowest BCUT2D eigenvalue weighted by Crippen LogP contribution is -2.21. The van der Waals surface area contributed by atoms with Crippen LogP contribution in [0.1, 0.15) is 13.8 Å². The molecular formula is C14H28Cl5O9P3. The van der Waals surface area contributed by atoms with Crippen LogP contribution in [0.5, 0.6) is 0 Å². The highest BCUT2D eigenvalue weighted by Gasteiger charge is 2.45. The first-order chi connectivity index (χ1) is 14.6. The number of hydrogen-bond acceptors (Lipinski definition) is 9. The van der Waals surface area contributed by atoms with Gasteiger partial charge in [-0.1, -0.05) is 0 Å².